The number of hydrogen-bond donors (Lipinski definition) is 2. The Kier molecular flexibility index (Phi) is 3.53. The molecule has 1 aromatic carbocycles. The van der Waals surface area contributed by atoms with Crippen molar-refractivity contribution in [3.63, 3.8) is 0 Å². The van der Waals surface area contributed by atoms with Crippen molar-refractivity contribution >= 4 is 11.8 Å². The van der Waals surface area contributed by atoms with Crippen LogP contribution in [0.5, 0.6) is 0 Å². The van der Waals surface area contributed by atoms with Gasteiger partial charge < -0.3 is 15.5 Å². The third-order valence-corrected chi connectivity index (χ3v) is 2.67. The predicted octanol–water partition coefficient (Wildman–Crippen LogP) is 2.31. The molecule has 2 aromatic rings. The number of benzene rings is 1. The van der Waals surface area contributed by atoms with Gasteiger partial charge >= 0.3 is 5.97 Å². The molecule has 2 rings (SSSR count). The summed E-state index contributed by atoms with van der Waals surface area (Å²) in [5.41, 5.74) is 8.22. The number of nitrogens with zero attached hydrogens (tertiary/aromatic N) is 1. The lowest BCUT2D eigenvalue weighted by Gasteiger charge is -1.98. The second-order valence-electron chi connectivity index (χ2n) is 3.92. The fourth-order valence-electron chi connectivity index (χ4n) is 1.73. The maximum Gasteiger partial charge on any atom is 0.341 e. The molecule has 0 bridgehead atoms. The van der Waals surface area contributed by atoms with Crippen LogP contribution in [0.25, 0.3) is 11.3 Å². The van der Waals surface area contributed by atoms with Gasteiger partial charge in [-0.15, -0.1) is 0 Å². The van der Waals surface area contributed by atoms with Crippen LogP contribution < -0.4 is 5.73 Å². The summed E-state index contributed by atoms with van der Waals surface area (Å²) in [5, 5.41) is 8.74. The number of aromatic nitrogens is 1. The number of anilines is 1. The van der Waals surface area contributed by atoms with Crippen molar-refractivity contribution in [3.8, 4) is 17.3 Å². The normalized spacial score (nSPS) is 9.89. The van der Waals surface area contributed by atoms with E-state index in [2.05, 4.69) is 4.98 Å². The number of rotatable bonds is 3. The molecule has 1 aromatic heterocycles. The van der Waals surface area contributed by atoms with Crippen LogP contribution in [-0.2, 0) is 4.74 Å². The lowest BCUT2D eigenvalue weighted by atomic mass is 10.1. The third kappa shape index (κ3) is 2.58. The minimum Gasteiger partial charge on any atom is -0.462 e. The van der Waals surface area contributed by atoms with E-state index in [1.54, 1.807) is 37.3 Å². The molecule has 0 fully saturated rings. The first kappa shape index (κ1) is 12.7. The fourth-order valence-corrected chi connectivity index (χ4v) is 1.73. The smallest absolute Gasteiger partial charge is 0.341 e. The van der Waals surface area contributed by atoms with E-state index >= 15 is 0 Å². The second-order valence-corrected chi connectivity index (χ2v) is 3.92. The minimum absolute atomic E-state index is 0.276. The Morgan fingerprint density at radius 3 is 2.68 bits per heavy atom. The summed E-state index contributed by atoms with van der Waals surface area (Å²) in [5.74, 6) is -0.172. The molecule has 0 amide bonds. The highest BCUT2D eigenvalue weighted by Crippen LogP contribution is 2.24. The fraction of sp³-hybridized carbons (Fsp3) is 0.143. The zero-order valence-corrected chi connectivity index (χ0v) is 10.4. The van der Waals surface area contributed by atoms with Crippen LogP contribution in [0.15, 0.2) is 30.3 Å². The molecule has 96 valence electrons. The molecule has 0 unspecified atom stereocenters. The SMILES string of the molecule is CCOC(=O)c1cc(-c2ccc(C#N)cc2)[nH]c1N. The van der Waals surface area contributed by atoms with E-state index < -0.39 is 5.97 Å². The van der Waals surface area contributed by atoms with E-state index in [0.717, 1.165) is 5.56 Å². The van der Waals surface area contributed by atoms with Crippen molar-refractivity contribution in [2.45, 2.75) is 6.92 Å². The standard InChI is InChI=1S/C14H13N3O2/c1-2-19-14(18)11-7-12(17-13(11)16)10-5-3-9(8-15)4-6-10/h3-7,17H,2,16H2,1H3. The van der Waals surface area contributed by atoms with Gasteiger partial charge in [0.25, 0.3) is 0 Å². The quantitative estimate of drug-likeness (QED) is 0.823. The van der Waals surface area contributed by atoms with Gasteiger partial charge in [-0.2, -0.15) is 5.26 Å². The maximum absolute atomic E-state index is 11.6. The Bertz CT molecular complexity index is 636. The summed E-state index contributed by atoms with van der Waals surface area (Å²) in [6.07, 6.45) is 0. The predicted molar refractivity (Wildman–Crippen MR) is 71.3 cm³/mol. The summed E-state index contributed by atoms with van der Waals surface area (Å²) in [6, 6.07) is 10.7. The highest BCUT2D eigenvalue weighted by Gasteiger charge is 2.15. The number of aromatic amines is 1. The maximum atomic E-state index is 11.6. The Balaban J connectivity index is 2.33. The largest absolute Gasteiger partial charge is 0.462 e. The molecule has 0 aliphatic rings. The second kappa shape index (κ2) is 5.27. The van der Waals surface area contributed by atoms with Crippen LogP contribution in [0.3, 0.4) is 0 Å². The molecular formula is C14H13N3O2. The highest BCUT2D eigenvalue weighted by atomic mass is 16.5. The summed E-state index contributed by atoms with van der Waals surface area (Å²) < 4.78 is 4.91. The van der Waals surface area contributed by atoms with Crippen LogP contribution in [0.2, 0.25) is 0 Å². The van der Waals surface area contributed by atoms with Gasteiger partial charge in [0.05, 0.1) is 18.2 Å². The van der Waals surface area contributed by atoms with Crippen molar-refractivity contribution in [2.75, 3.05) is 12.3 Å². The molecule has 0 aliphatic carbocycles. The molecular weight excluding hydrogens is 242 g/mol. The first-order chi connectivity index (χ1) is 9.15. The van der Waals surface area contributed by atoms with Crippen LogP contribution in [0, 0.1) is 11.3 Å². The molecule has 1 heterocycles. The van der Waals surface area contributed by atoms with Crippen LogP contribution in [-0.4, -0.2) is 17.6 Å². The number of hydrogen-bond acceptors (Lipinski definition) is 4. The Morgan fingerprint density at radius 1 is 1.42 bits per heavy atom. The molecule has 0 atom stereocenters. The van der Waals surface area contributed by atoms with Gasteiger partial charge in [0.2, 0.25) is 0 Å². The van der Waals surface area contributed by atoms with Crippen molar-refractivity contribution < 1.29 is 9.53 Å². The van der Waals surface area contributed by atoms with Gasteiger partial charge in [0.15, 0.2) is 0 Å². The molecule has 0 radical (unpaired) electrons. The number of nitrogens with two attached hydrogens (primary N) is 1. The van der Waals surface area contributed by atoms with Crippen molar-refractivity contribution in [1.29, 1.82) is 5.26 Å². The molecule has 5 heteroatoms. The van der Waals surface area contributed by atoms with Gasteiger partial charge in [-0.3, -0.25) is 0 Å². The summed E-state index contributed by atoms with van der Waals surface area (Å²) in [7, 11) is 0. The summed E-state index contributed by atoms with van der Waals surface area (Å²) in [4.78, 5) is 14.6. The number of nitrogen functional groups attached to an aromatic ring is 1. The summed E-state index contributed by atoms with van der Waals surface area (Å²) >= 11 is 0. The number of esters is 1. The number of nitrogens with one attached hydrogen (secondary N) is 1. The van der Waals surface area contributed by atoms with E-state index in [1.807, 2.05) is 6.07 Å². The average molecular weight is 255 g/mol. The van der Waals surface area contributed by atoms with Gasteiger partial charge in [-0.25, -0.2) is 4.79 Å². The van der Waals surface area contributed by atoms with Gasteiger partial charge in [-0.1, -0.05) is 12.1 Å². The van der Waals surface area contributed by atoms with Gasteiger partial charge in [-0.05, 0) is 30.7 Å². The number of carbonyl (C=O) groups excluding carboxylic acids is 1. The Hall–Kier alpha value is -2.74. The molecule has 19 heavy (non-hydrogen) atoms. The van der Waals surface area contributed by atoms with Crippen molar-refractivity contribution in [1.82, 2.24) is 4.98 Å². The van der Waals surface area contributed by atoms with E-state index in [9.17, 15) is 4.79 Å². The van der Waals surface area contributed by atoms with Crippen LogP contribution in [0.4, 0.5) is 5.82 Å². The molecule has 5 nitrogen and oxygen atoms in total. The molecule has 0 saturated heterocycles. The Morgan fingerprint density at radius 2 is 2.11 bits per heavy atom. The Labute approximate surface area is 110 Å². The zero-order valence-electron chi connectivity index (χ0n) is 10.4. The molecule has 3 N–H and O–H groups in total. The lowest BCUT2D eigenvalue weighted by Crippen LogP contribution is -2.05. The van der Waals surface area contributed by atoms with Crippen LogP contribution >= 0.6 is 0 Å². The molecule has 0 spiro atoms. The van der Waals surface area contributed by atoms with Gasteiger partial charge in [0, 0.05) is 5.69 Å². The first-order valence-electron chi connectivity index (χ1n) is 5.82. The van der Waals surface area contributed by atoms with E-state index in [4.69, 9.17) is 15.7 Å². The first-order valence-corrected chi connectivity index (χ1v) is 5.82. The van der Waals surface area contributed by atoms with Crippen molar-refractivity contribution in [2.24, 2.45) is 0 Å². The topological polar surface area (TPSA) is 91.9 Å². The molecule has 0 saturated carbocycles. The van der Waals surface area contributed by atoms with Gasteiger partial charge in [0.1, 0.15) is 11.4 Å². The van der Waals surface area contributed by atoms with E-state index in [1.165, 1.54) is 0 Å². The minimum atomic E-state index is -0.448. The molecule has 0 aliphatic heterocycles. The monoisotopic (exact) mass is 255 g/mol. The zero-order chi connectivity index (χ0) is 13.8. The summed E-state index contributed by atoms with van der Waals surface area (Å²) in [6.45, 7) is 2.04. The average Bonchev–Trinajstić information content (AvgIpc) is 2.81. The number of nitriles is 1. The highest BCUT2D eigenvalue weighted by molar-refractivity contribution is 5.96. The number of H-pyrrole nitrogens is 1. The number of carbonyl (C=O) groups is 1. The third-order valence-electron chi connectivity index (χ3n) is 2.67. The van der Waals surface area contributed by atoms with E-state index in [-0.39, 0.29) is 5.82 Å². The van der Waals surface area contributed by atoms with E-state index in [0.29, 0.717) is 23.4 Å². The lowest BCUT2D eigenvalue weighted by molar-refractivity contribution is 0.0528. The number of ether oxygens (including phenoxy) is 1. The van der Waals surface area contributed by atoms with Crippen LogP contribution in [0.1, 0.15) is 22.8 Å². The van der Waals surface area contributed by atoms with Crippen molar-refractivity contribution in [3.05, 3.63) is 41.5 Å².